The number of carbonyl (C=O) groups is 1. The predicted octanol–water partition coefficient (Wildman–Crippen LogP) is 7.73. The maximum atomic E-state index is 11.9. The van der Waals surface area contributed by atoms with Crippen LogP contribution in [0.25, 0.3) is 0 Å². The largest absolute Gasteiger partial charge is 0.462 e. The Morgan fingerprint density at radius 3 is 2.29 bits per heavy atom. The van der Waals surface area contributed by atoms with E-state index in [1.54, 1.807) is 12.5 Å². The maximum Gasteiger partial charge on any atom is 0.302 e. The summed E-state index contributed by atoms with van der Waals surface area (Å²) in [5.74, 6) is 2.43. The Hall–Kier alpha value is -0.830. The van der Waals surface area contributed by atoms with Gasteiger partial charge in [-0.2, -0.15) is 0 Å². The van der Waals surface area contributed by atoms with Crippen molar-refractivity contribution < 1.29 is 14.3 Å². The molecule has 6 aliphatic rings. The van der Waals surface area contributed by atoms with Crippen LogP contribution in [0.2, 0.25) is 0 Å². The van der Waals surface area contributed by atoms with E-state index in [1.165, 1.54) is 44.9 Å². The summed E-state index contributed by atoms with van der Waals surface area (Å²) >= 11 is 0. The standard InChI is InChI=1S/C32H50O3/c1-19(2)32-25(35-32)18-28(6)14-10-23-30(8)15-11-21-27(4,5)24(34-20(3)33)13-17-29(21,7)22(30)12-16-31(23,9)26(28)32/h10,19,21-22,24-26H,11-18H2,1-9H3/t21-,22+,24-,25-,26+,28-,29-,30+,31+,32-/m0/s1. The molecule has 3 heteroatoms. The summed E-state index contributed by atoms with van der Waals surface area (Å²) in [5, 5.41) is 0. The number of rotatable bonds is 2. The SMILES string of the molecule is CC(=O)O[C@H]1CC[C@]2(C)[C@H]3CC[C@]4(C)C(=CC[C@@]5(C)C[C@@H]6O[C@]6(C(C)C)[C@H]54)[C@]3(C)CC[C@H]2C1(C)C. The van der Waals surface area contributed by atoms with Gasteiger partial charge in [0.2, 0.25) is 0 Å². The third-order valence-electron chi connectivity index (χ3n) is 13.4. The van der Waals surface area contributed by atoms with Crippen molar-refractivity contribution in [2.75, 3.05) is 0 Å². The Labute approximate surface area is 214 Å². The summed E-state index contributed by atoms with van der Waals surface area (Å²) in [7, 11) is 0. The molecule has 196 valence electrons. The summed E-state index contributed by atoms with van der Waals surface area (Å²) < 4.78 is 12.5. The van der Waals surface area contributed by atoms with E-state index in [0.717, 1.165) is 6.42 Å². The van der Waals surface area contributed by atoms with Gasteiger partial charge in [0, 0.05) is 18.3 Å². The molecule has 0 radical (unpaired) electrons. The summed E-state index contributed by atoms with van der Waals surface area (Å²) in [6.07, 6.45) is 13.1. The van der Waals surface area contributed by atoms with Crippen molar-refractivity contribution >= 4 is 5.97 Å². The van der Waals surface area contributed by atoms with Gasteiger partial charge in [0.05, 0.1) is 6.10 Å². The minimum atomic E-state index is -0.118. The van der Waals surface area contributed by atoms with Crippen LogP contribution in [0.5, 0.6) is 0 Å². The van der Waals surface area contributed by atoms with Gasteiger partial charge in [0.15, 0.2) is 0 Å². The highest BCUT2D eigenvalue weighted by molar-refractivity contribution is 5.66. The average molecular weight is 483 g/mol. The summed E-state index contributed by atoms with van der Waals surface area (Å²) in [4.78, 5) is 11.9. The Kier molecular flexibility index (Phi) is 4.88. The highest BCUT2D eigenvalue weighted by atomic mass is 16.6. The Bertz CT molecular complexity index is 979. The molecule has 1 saturated heterocycles. The molecule has 0 amide bonds. The van der Waals surface area contributed by atoms with Gasteiger partial charge >= 0.3 is 5.97 Å². The summed E-state index contributed by atoms with van der Waals surface area (Å²) in [5.41, 5.74) is 3.16. The van der Waals surface area contributed by atoms with Crippen molar-refractivity contribution in [3.05, 3.63) is 11.6 Å². The van der Waals surface area contributed by atoms with E-state index < -0.39 is 0 Å². The number of esters is 1. The normalized spacial score (nSPS) is 55.6. The quantitative estimate of drug-likeness (QED) is 0.230. The molecule has 0 aromatic heterocycles. The first-order valence-electron chi connectivity index (χ1n) is 14.7. The summed E-state index contributed by atoms with van der Waals surface area (Å²) in [6.45, 7) is 21.7. The first-order valence-corrected chi connectivity index (χ1v) is 14.7. The fourth-order valence-corrected chi connectivity index (χ4v) is 12.3. The molecule has 10 atom stereocenters. The molecular formula is C32H50O3. The van der Waals surface area contributed by atoms with Gasteiger partial charge in [0.25, 0.3) is 0 Å². The molecule has 0 spiro atoms. The lowest BCUT2D eigenvalue weighted by atomic mass is 9.35. The van der Waals surface area contributed by atoms with Crippen LogP contribution >= 0.6 is 0 Å². The highest BCUT2D eigenvalue weighted by Crippen LogP contribution is 2.79. The molecule has 0 N–H and O–H groups in total. The second-order valence-corrected chi connectivity index (χ2v) is 15.7. The Balaban J connectivity index is 1.38. The van der Waals surface area contributed by atoms with Crippen molar-refractivity contribution in [3.8, 4) is 0 Å². The van der Waals surface area contributed by atoms with E-state index in [0.29, 0.717) is 40.6 Å². The van der Waals surface area contributed by atoms with Crippen LogP contribution in [0.1, 0.15) is 114 Å². The third kappa shape index (κ3) is 2.81. The number of ether oxygens (including phenoxy) is 2. The number of hydrogen-bond donors (Lipinski definition) is 0. The zero-order valence-electron chi connectivity index (χ0n) is 23.9. The Morgan fingerprint density at radius 1 is 0.971 bits per heavy atom. The van der Waals surface area contributed by atoms with Gasteiger partial charge in [-0.15, -0.1) is 0 Å². The lowest BCUT2D eigenvalue weighted by Gasteiger charge is -2.69. The smallest absolute Gasteiger partial charge is 0.302 e. The predicted molar refractivity (Wildman–Crippen MR) is 140 cm³/mol. The maximum absolute atomic E-state index is 11.9. The minimum Gasteiger partial charge on any atom is -0.462 e. The lowest BCUT2D eigenvalue weighted by Crippen LogP contribution is -2.63. The van der Waals surface area contributed by atoms with E-state index in [-0.39, 0.29) is 33.9 Å². The van der Waals surface area contributed by atoms with Crippen molar-refractivity contribution in [1.82, 2.24) is 0 Å². The topological polar surface area (TPSA) is 38.8 Å². The second-order valence-electron chi connectivity index (χ2n) is 15.7. The van der Waals surface area contributed by atoms with Crippen LogP contribution in [-0.2, 0) is 14.3 Å². The van der Waals surface area contributed by atoms with Crippen molar-refractivity contribution in [2.24, 2.45) is 50.7 Å². The minimum absolute atomic E-state index is 0.0303. The molecular weight excluding hydrogens is 432 g/mol. The van der Waals surface area contributed by atoms with E-state index in [2.05, 4.69) is 61.5 Å². The summed E-state index contributed by atoms with van der Waals surface area (Å²) in [6, 6.07) is 0. The van der Waals surface area contributed by atoms with Gasteiger partial charge < -0.3 is 9.47 Å². The van der Waals surface area contributed by atoms with E-state index >= 15 is 0 Å². The van der Waals surface area contributed by atoms with Crippen LogP contribution in [-0.4, -0.2) is 23.8 Å². The first-order chi connectivity index (χ1) is 16.2. The Morgan fingerprint density at radius 2 is 1.63 bits per heavy atom. The average Bonchev–Trinajstić information content (AvgIpc) is 3.35. The first kappa shape index (κ1) is 24.5. The van der Waals surface area contributed by atoms with E-state index in [1.807, 2.05) is 0 Å². The molecule has 0 aromatic carbocycles. The molecule has 6 rings (SSSR count). The zero-order chi connectivity index (χ0) is 25.4. The van der Waals surface area contributed by atoms with E-state index in [4.69, 9.17) is 9.47 Å². The molecule has 5 aliphatic carbocycles. The monoisotopic (exact) mass is 482 g/mol. The van der Waals surface area contributed by atoms with Crippen LogP contribution in [0, 0.1) is 50.7 Å². The third-order valence-corrected chi connectivity index (χ3v) is 13.4. The number of epoxide rings is 1. The number of carbonyl (C=O) groups excluding carboxylic acids is 1. The van der Waals surface area contributed by atoms with Crippen molar-refractivity contribution in [1.29, 1.82) is 0 Å². The number of allylic oxidation sites excluding steroid dienone is 2. The number of hydrogen-bond acceptors (Lipinski definition) is 3. The molecule has 1 heterocycles. The molecule has 4 saturated carbocycles. The van der Waals surface area contributed by atoms with Crippen LogP contribution < -0.4 is 0 Å². The fraction of sp³-hybridized carbons (Fsp3) is 0.906. The van der Waals surface area contributed by atoms with E-state index in [9.17, 15) is 4.79 Å². The van der Waals surface area contributed by atoms with Crippen LogP contribution in [0.15, 0.2) is 11.6 Å². The second kappa shape index (κ2) is 6.97. The molecule has 1 aliphatic heterocycles. The van der Waals surface area contributed by atoms with Crippen molar-refractivity contribution in [3.63, 3.8) is 0 Å². The molecule has 5 fully saturated rings. The van der Waals surface area contributed by atoms with Crippen LogP contribution in [0.4, 0.5) is 0 Å². The van der Waals surface area contributed by atoms with Gasteiger partial charge in [-0.1, -0.05) is 67.0 Å². The van der Waals surface area contributed by atoms with Gasteiger partial charge in [0.1, 0.15) is 11.7 Å². The molecule has 0 aromatic rings. The number of fused-ring (bicyclic) bond motifs is 9. The fourth-order valence-electron chi connectivity index (χ4n) is 12.3. The molecule has 0 unspecified atom stereocenters. The molecule has 3 nitrogen and oxygen atoms in total. The van der Waals surface area contributed by atoms with Gasteiger partial charge in [-0.3, -0.25) is 4.79 Å². The molecule has 0 bridgehead atoms. The van der Waals surface area contributed by atoms with Crippen LogP contribution in [0.3, 0.4) is 0 Å². The lowest BCUT2D eigenvalue weighted by molar-refractivity contribution is -0.198. The van der Waals surface area contributed by atoms with Crippen molar-refractivity contribution in [2.45, 2.75) is 131 Å². The molecule has 35 heavy (non-hydrogen) atoms. The highest BCUT2D eigenvalue weighted by Gasteiger charge is 2.79. The zero-order valence-corrected chi connectivity index (χ0v) is 23.9. The van der Waals surface area contributed by atoms with Gasteiger partial charge in [-0.05, 0) is 90.8 Å². The van der Waals surface area contributed by atoms with Gasteiger partial charge in [-0.25, -0.2) is 0 Å².